The Kier molecular flexibility index (Phi) is 4.70. The van der Waals surface area contributed by atoms with Gasteiger partial charge >= 0.3 is 0 Å². The SMILES string of the molecule is FC(F)CNCCC1CCC2(CC1)OCCO2. The van der Waals surface area contributed by atoms with E-state index in [4.69, 9.17) is 9.47 Å². The molecule has 0 radical (unpaired) electrons. The third-order valence-electron chi connectivity index (χ3n) is 3.71. The first-order valence-corrected chi connectivity index (χ1v) is 6.47. The third kappa shape index (κ3) is 3.86. The van der Waals surface area contributed by atoms with Gasteiger partial charge in [-0.25, -0.2) is 8.78 Å². The molecule has 1 heterocycles. The minimum absolute atomic E-state index is 0.192. The topological polar surface area (TPSA) is 30.5 Å². The Morgan fingerprint density at radius 1 is 1.18 bits per heavy atom. The molecule has 0 aromatic heterocycles. The molecule has 0 aromatic rings. The zero-order chi connectivity index (χ0) is 12.1. The first-order valence-electron chi connectivity index (χ1n) is 6.47. The molecular formula is C12H21F2NO2. The highest BCUT2D eigenvalue weighted by atomic mass is 19.3. The highest BCUT2D eigenvalue weighted by Gasteiger charge is 2.39. The van der Waals surface area contributed by atoms with E-state index in [2.05, 4.69) is 5.32 Å². The first kappa shape index (κ1) is 13.2. The van der Waals surface area contributed by atoms with Crippen molar-refractivity contribution in [2.75, 3.05) is 26.3 Å². The van der Waals surface area contributed by atoms with Crippen LogP contribution in [0.25, 0.3) is 0 Å². The van der Waals surface area contributed by atoms with Crippen molar-refractivity contribution in [2.45, 2.75) is 44.3 Å². The second-order valence-corrected chi connectivity index (χ2v) is 4.93. The average molecular weight is 249 g/mol. The predicted molar refractivity (Wildman–Crippen MR) is 60.1 cm³/mol. The van der Waals surface area contributed by atoms with Crippen LogP contribution in [0, 0.1) is 5.92 Å². The fraction of sp³-hybridized carbons (Fsp3) is 1.00. The molecule has 2 aliphatic rings. The quantitative estimate of drug-likeness (QED) is 0.757. The van der Waals surface area contributed by atoms with Crippen LogP contribution in [-0.2, 0) is 9.47 Å². The summed E-state index contributed by atoms with van der Waals surface area (Å²) in [6.45, 7) is 1.91. The summed E-state index contributed by atoms with van der Waals surface area (Å²) >= 11 is 0. The summed E-state index contributed by atoms with van der Waals surface area (Å²) in [6.07, 6.45) is 2.79. The molecule has 17 heavy (non-hydrogen) atoms. The normalized spacial score (nSPS) is 24.9. The summed E-state index contributed by atoms with van der Waals surface area (Å²) in [4.78, 5) is 0. The maximum absolute atomic E-state index is 11.9. The van der Waals surface area contributed by atoms with Gasteiger partial charge in [0, 0.05) is 12.8 Å². The lowest BCUT2D eigenvalue weighted by atomic mass is 9.83. The summed E-state index contributed by atoms with van der Waals surface area (Å²) < 4.78 is 35.1. The lowest BCUT2D eigenvalue weighted by Gasteiger charge is -2.35. The van der Waals surface area contributed by atoms with Crippen molar-refractivity contribution in [3.05, 3.63) is 0 Å². The van der Waals surface area contributed by atoms with Crippen LogP contribution in [0.3, 0.4) is 0 Å². The van der Waals surface area contributed by atoms with Gasteiger partial charge in [-0.2, -0.15) is 0 Å². The molecule has 100 valence electrons. The van der Waals surface area contributed by atoms with E-state index in [0.717, 1.165) is 32.1 Å². The number of alkyl halides is 2. The Labute approximate surface area is 101 Å². The van der Waals surface area contributed by atoms with Crippen molar-refractivity contribution in [3.8, 4) is 0 Å². The molecule has 1 saturated carbocycles. The molecule has 0 atom stereocenters. The van der Waals surface area contributed by atoms with Gasteiger partial charge in [0.05, 0.1) is 19.8 Å². The first-order chi connectivity index (χ1) is 8.20. The fourth-order valence-corrected chi connectivity index (χ4v) is 2.71. The molecular weight excluding hydrogens is 228 g/mol. The lowest BCUT2D eigenvalue weighted by Crippen LogP contribution is -2.36. The van der Waals surface area contributed by atoms with Crippen LogP contribution >= 0.6 is 0 Å². The Morgan fingerprint density at radius 3 is 2.41 bits per heavy atom. The zero-order valence-electron chi connectivity index (χ0n) is 10.1. The highest BCUT2D eigenvalue weighted by molar-refractivity contribution is 4.82. The lowest BCUT2D eigenvalue weighted by molar-refractivity contribution is -0.182. The summed E-state index contributed by atoms with van der Waals surface area (Å²) in [5.41, 5.74) is 0. The zero-order valence-corrected chi connectivity index (χ0v) is 10.1. The standard InChI is InChI=1S/C12H21F2NO2/c13-11(14)9-15-6-3-10-1-4-12(5-2-10)16-7-8-17-12/h10-11,15H,1-9H2. The molecule has 0 bridgehead atoms. The van der Waals surface area contributed by atoms with Crippen molar-refractivity contribution < 1.29 is 18.3 Å². The molecule has 2 fully saturated rings. The van der Waals surface area contributed by atoms with Crippen molar-refractivity contribution in [3.63, 3.8) is 0 Å². The maximum Gasteiger partial charge on any atom is 0.250 e. The smallest absolute Gasteiger partial charge is 0.250 e. The average Bonchev–Trinajstić information content (AvgIpc) is 2.75. The molecule has 1 aliphatic carbocycles. The van der Waals surface area contributed by atoms with Crippen LogP contribution in [0.2, 0.25) is 0 Å². The van der Waals surface area contributed by atoms with E-state index in [-0.39, 0.29) is 12.3 Å². The molecule has 1 saturated heterocycles. The van der Waals surface area contributed by atoms with E-state index in [1.807, 2.05) is 0 Å². The van der Waals surface area contributed by atoms with Gasteiger partial charge in [0.25, 0.3) is 6.43 Å². The number of ether oxygens (including phenoxy) is 2. The molecule has 0 amide bonds. The van der Waals surface area contributed by atoms with Gasteiger partial charge in [0.2, 0.25) is 0 Å². The highest BCUT2D eigenvalue weighted by Crippen LogP contribution is 2.39. The number of hydrogen-bond acceptors (Lipinski definition) is 3. The summed E-state index contributed by atoms with van der Waals surface area (Å²) in [6, 6.07) is 0. The van der Waals surface area contributed by atoms with Gasteiger partial charge < -0.3 is 14.8 Å². The minimum Gasteiger partial charge on any atom is -0.348 e. The van der Waals surface area contributed by atoms with Gasteiger partial charge in [0.1, 0.15) is 0 Å². The number of hydrogen-bond donors (Lipinski definition) is 1. The Balaban J connectivity index is 1.59. The van der Waals surface area contributed by atoms with E-state index < -0.39 is 6.43 Å². The van der Waals surface area contributed by atoms with Gasteiger partial charge in [-0.15, -0.1) is 0 Å². The minimum atomic E-state index is -2.25. The summed E-state index contributed by atoms with van der Waals surface area (Å²) in [5.74, 6) is 0.325. The van der Waals surface area contributed by atoms with Crippen LogP contribution < -0.4 is 5.32 Å². The van der Waals surface area contributed by atoms with Crippen molar-refractivity contribution >= 4 is 0 Å². The molecule has 0 aromatic carbocycles. The van der Waals surface area contributed by atoms with Crippen molar-refractivity contribution in [2.24, 2.45) is 5.92 Å². The maximum atomic E-state index is 11.9. The predicted octanol–water partition coefficient (Wildman–Crippen LogP) is 2.16. The van der Waals surface area contributed by atoms with Crippen LogP contribution in [-0.4, -0.2) is 38.5 Å². The molecule has 1 N–H and O–H groups in total. The largest absolute Gasteiger partial charge is 0.348 e. The van der Waals surface area contributed by atoms with Gasteiger partial charge in [-0.05, 0) is 31.7 Å². The van der Waals surface area contributed by atoms with E-state index in [1.54, 1.807) is 0 Å². The monoisotopic (exact) mass is 249 g/mol. The van der Waals surface area contributed by atoms with E-state index >= 15 is 0 Å². The van der Waals surface area contributed by atoms with E-state index in [1.165, 1.54) is 0 Å². The molecule has 5 heteroatoms. The number of nitrogens with one attached hydrogen (secondary N) is 1. The van der Waals surface area contributed by atoms with Gasteiger partial charge in [-0.3, -0.25) is 0 Å². The van der Waals surface area contributed by atoms with Crippen molar-refractivity contribution in [1.82, 2.24) is 5.32 Å². The Hall–Kier alpha value is -0.260. The Bertz CT molecular complexity index is 223. The van der Waals surface area contributed by atoms with Gasteiger partial charge in [-0.1, -0.05) is 0 Å². The number of halogens is 2. The molecule has 1 aliphatic heterocycles. The summed E-state index contributed by atoms with van der Waals surface area (Å²) in [7, 11) is 0. The molecule has 3 nitrogen and oxygen atoms in total. The summed E-state index contributed by atoms with van der Waals surface area (Å²) in [5, 5.41) is 2.78. The Morgan fingerprint density at radius 2 is 1.82 bits per heavy atom. The van der Waals surface area contributed by atoms with Crippen molar-refractivity contribution in [1.29, 1.82) is 0 Å². The fourth-order valence-electron chi connectivity index (χ4n) is 2.71. The van der Waals surface area contributed by atoms with Crippen LogP contribution in [0.1, 0.15) is 32.1 Å². The molecule has 2 rings (SSSR count). The van der Waals surface area contributed by atoms with Gasteiger partial charge in [0.15, 0.2) is 5.79 Å². The molecule has 0 unspecified atom stereocenters. The van der Waals surface area contributed by atoms with Crippen LogP contribution in [0.4, 0.5) is 8.78 Å². The third-order valence-corrected chi connectivity index (χ3v) is 3.71. The second kappa shape index (κ2) is 6.07. The van der Waals surface area contributed by atoms with Crippen LogP contribution in [0.5, 0.6) is 0 Å². The van der Waals surface area contributed by atoms with E-state index in [9.17, 15) is 8.78 Å². The van der Waals surface area contributed by atoms with E-state index in [0.29, 0.717) is 25.7 Å². The second-order valence-electron chi connectivity index (χ2n) is 4.93. The number of rotatable bonds is 5. The van der Waals surface area contributed by atoms with Crippen LogP contribution in [0.15, 0.2) is 0 Å². The molecule has 1 spiro atoms.